The van der Waals surface area contributed by atoms with E-state index in [0.717, 1.165) is 21.8 Å². The van der Waals surface area contributed by atoms with Gasteiger partial charge in [-0.3, -0.25) is 0 Å². The zero-order valence-corrected chi connectivity index (χ0v) is 14.1. The first kappa shape index (κ1) is 14.2. The number of aromatic hydroxyl groups is 1. The molecule has 0 saturated carbocycles. The maximum atomic E-state index is 9.91. The van der Waals surface area contributed by atoms with E-state index in [0.29, 0.717) is 0 Å². The van der Waals surface area contributed by atoms with Gasteiger partial charge in [-0.25, -0.2) is 0 Å². The number of phenolic OH excluding ortho intramolecular Hbond substituents is 1. The second kappa shape index (κ2) is 4.90. The molecular weight excluding hydrogens is 308 g/mol. The molecule has 122 valence electrons. The van der Waals surface area contributed by atoms with Crippen LogP contribution >= 0.6 is 0 Å². The lowest BCUT2D eigenvalue weighted by atomic mass is 9.92. The molecule has 0 fully saturated rings. The normalized spacial score (nSPS) is 11.8. The van der Waals surface area contributed by atoms with Crippen LogP contribution in [0.4, 0.5) is 0 Å². The number of hydrogen-bond acceptors (Lipinski definition) is 1. The van der Waals surface area contributed by atoms with Crippen molar-refractivity contribution in [2.24, 2.45) is 0 Å². The number of aromatic amines is 2. The van der Waals surface area contributed by atoms with Gasteiger partial charge < -0.3 is 15.1 Å². The van der Waals surface area contributed by atoms with Crippen LogP contribution in [0.25, 0.3) is 43.7 Å². The van der Waals surface area contributed by atoms with Crippen LogP contribution in [0.2, 0.25) is 0 Å². The Labute approximate surface area is 144 Å². The molecule has 0 aliphatic heterocycles. The van der Waals surface area contributed by atoms with E-state index in [1.807, 2.05) is 18.3 Å². The van der Waals surface area contributed by atoms with Crippen molar-refractivity contribution in [3.63, 3.8) is 0 Å². The summed E-state index contributed by atoms with van der Waals surface area (Å²) >= 11 is 0. The van der Waals surface area contributed by atoms with Gasteiger partial charge in [0.25, 0.3) is 0 Å². The van der Waals surface area contributed by atoms with Crippen LogP contribution in [0.5, 0.6) is 5.75 Å². The summed E-state index contributed by atoms with van der Waals surface area (Å²) in [5, 5.41) is 14.5. The van der Waals surface area contributed by atoms with Crippen molar-refractivity contribution in [1.29, 1.82) is 0 Å². The van der Waals surface area contributed by atoms with Crippen molar-refractivity contribution in [2.45, 2.75) is 13.8 Å². The highest BCUT2D eigenvalue weighted by molar-refractivity contribution is 6.23. The average Bonchev–Trinajstić information content (AvgIpc) is 3.18. The lowest BCUT2D eigenvalue weighted by molar-refractivity contribution is 0.476. The van der Waals surface area contributed by atoms with Crippen LogP contribution in [0, 0.1) is 13.8 Å². The molecule has 3 N–H and O–H groups in total. The number of benzene rings is 3. The molecule has 0 aliphatic carbocycles. The monoisotopic (exact) mass is 326 g/mol. The number of fused-ring (bicyclic) bond motifs is 5. The highest BCUT2D eigenvalue weighted by atomic mass is 16.3. The van der Waals surface area contributed by atoms with Gasteiger partial charge in [-0.1, -0.05) is 18.2 Å². The van der Waals surface area contributed by atoms with Gasteiger partial charge in [-0.2, -0.15) is 0 Å². The Balaban J connectivity index is 1.99. The van der Waals surface area contributed by atoms with E-state index in [9.17, 15) is 5.11 Å². The molecule has 0 bridgehead atoms. The quantitative estimate of drug-likeness (QED) is 0.359. The van der Waals surface area contributed by atoms with Crippen LogP contribution in [0.3, 0.4) is 0 Å². The van der Waals surface area contributed by atoms with Crippen LogP contribution in [0.15, 0.2) is 54.9 Å². The molecule has 3 heteroatoms. The van der Waals surface area contributed by atoms with Crippen LogP contribution in [0.1, 0.15) is 11.1 Å². The summed E-state index contributed by atoms with van der Waals surface area (Å²) in [4.78, 5) is 6.78. The first-order chi connectivity index (χ1) is 12.1. The van der Waals surface area contributed by atoms with E-state index in [1.54, 1.807) is 6.07 Å². The summed E-state index contributed by atoms with van der Waals surface area (Å²) in [6.07, 6.45) is 4.11. The molecule has 0 unspecified atom stereocenters. The number of nitrogens with one attached hydrogen (secondary N) is 2. The maximum Gasteiger partial charge on any atom is 0.116 e. The second-order valence-corrected chi connectivity index (χ2v) is 6.75. The minimum absolute atomic E-state index is 0.288. The molecule has 0 radical (unpaired) electrons. The highest BCUT2D eigenvalue weighted by Gasteiger charge is 2.16. The Hall–Kier alpha value is -3.20. The third-order valence-electron chi connectivity index (χ3n) is 5.16. The van der Waals surface area contributed by atoms with E-state index >= 15 is 0 Å². The lowest BCUT2D eigenvalue weighted by Crippen LogP contribution is -1.89. The fraction of sp³-hybridized carbons (Fsp3) is 0.0909. The summed E-state index contributed by atoms with van der Waals surface area (Å²) in [5.74, 6) is 0.288. The van der Waals surface area contributed by atoms with E-state index in [1.165, 1.54) is 33.0 Å². The zero-order valence-electron chi connectivity index (χ0n) is 14.1. The summed E-state index contributed by atoms with van der Waals surface area (Å²) in [7, 11) is 0. The molecule has 2 aromatic heterocycles. The molecule has 5 aromatic rings. The smallest absolute Gasteiger partial charge is 0.116 e. The standard InChI is InChI=1S/C22H18N2O/c1-12-4-3-5-13(2)21(12)15-9-20-22(18-11-23-10-17(15)18)16-8-14(25)6-7-19(16)24-20/h3-11,23-25H,1-2H3. The molecule has 25 heavy (non-hydrogen) atoms. The SMILES string of the molecule is Cc1cccc(C)c1-c1cc2[nH]c3ccc(O)cc3c2c2c[nH]cc12. The maximum absolute atomic E-state index is 9.91. The largest absolute Gasteiger partial charge is 0.508 e. The van der Waals surface area contributed by atoms with Crippen molar-refractivity contribution >= 4 is 32.6 Å². The Morgan fingerprint density at radius 3 is 2.36 bits per heavy atom. The number of aryl methyl sites for hydroxylation is 2. The number of rotatable bonds is 1. The van der Waals surface area contributed by atoms with Gasteiger partial charge in [0.15, 0.2) is 0 Å². The molecule has 5 rings (SSSR count). The molecule has 0 spiro atoms. The molecule has 3 aromatic carbocycles. The van der Waals surface area contributed by atoms with Gasteiger partial charge in [0.1, 0.15) is 5.75 Å². The lowest BCUT2D eigenvalue weighted by Gasteiger charge is -2.12. The number of aromatic nitrogens is 2. The van der Waals surface area contributed by atoms with E-state index in [-0.39, 0.29) is 5.75 Å². The van der Waals surface area contributed by atoms with Crippen molar-refractivity contribution in [3.8, 4) is 16.9 Å². The van der Waals surface area contributed by atoms with Gasteiger partial charge in [-0.15, -0.1) is 0 Å². The molecule has 3 nitrogen and oxygen atoms in total. The number of hydrogen-bond donors (Lipinski definition) is 3. The summed E-state index contributed by atoms with van der Waals surface area (Å²) in [5.41, 5.74) is 7.19. The minimum atomic E-state index is 0.288. The van der Waals surface area contributed by atoms with E-state index < -0.39 is 0 Å². The van der Waals surface area contributed by atoms with Gasteiger partial charge in [0.05, 0.1) is 0 Å². The van der Waals surface area contributed by atoms with Crippen LogP contribution in [-0.4, -0.2) is 15.1 Å². The van der Waals surface area contributed by atoms with Gasteiger partial charge in [0, 0.05) is 45.0 Å². The van der Waals surface area contributed by atoms with Crippen molar-refractivity contribution in [2.75, 3.05) is 0 Å². The first-order valence-corrected chi connectivity index (χ1v) is 8.44. The Bertz CT molecular complexity index is 1250. The predicted octanol–water partition coefficient (Wildman–Crippen LogP) is 5.79. The average molecular weight is 326 g/mol. The Morgan fingerprint density at radius 1 is 0.800 bits per heavy atom. The third kappa shape index (κ3) is 1.92. The number of H-pyrrole nitrogens is 2. The molecule has 0 amide bonds. The van der Waals surface area contributed by atoms with Crippen molar-refractivity contribution < 1.29 is 5.11 Å². The fourth-order valence-corrected chi connectivity index (χ4v) is 4.06. The van der Waals surface area contributed by atoms with Crippen LogP contribution < -0.4 is 0 Å². The summed E-state index contributed by atoms with van der Waals surface area (Å²) in [6, 6.07) is 14.1. The van der Waals surface area contributed by atoms with Crippen molar-refractivity contribution in [1.82, 2.24) is 9.97 Å². The molecule has 0 atom stereocenters. The predicted molar refractivity (Wildman–Crippen MR) is 104 cm³/mol. The van der Waals surface area contributed by atoms with E-state index in [2.05, 4.69) is 54.3 Å². The molecule has 2 heterocycles. The summed E-state index contributed by atoms with van der Waals surface area (Å²) in [6.45, 7) is 4.32. The Morgan fingerprint density at radius 2 is 1.56 bits per heavy atom. The second-order valence-electron chi connectivity index (χ2n) is 6.75. The fourth-order valence-electron chi connectivity index (χ4n) is 4.06. The Kier molecular flexibility index (Phi) is 2.78. The minimum Gasteiger partial charge on any atom is -0.508 e. The van der Waals surface area contributed by atoms with Crippen molar-refractivity contribution in [3.05, 3.63) is 66.0 Å². The topological polar surface area (TPSA) is 51.8 Å². The molecular formula is C22H18N2O. The molecule has 0 aliphatic rings. The summed E-state index contributed by atoms with van der Waals surface area (Å²) < 4.78 is 0. The van der Waals surface area contributed by atoms with Crippen LogP contribution in [-0.2, 0) is 0 Å². The number of phenols is 1. The third-order valence-corrected chi connectivity index (χ3v) is 5.16. The zero-order chi connectivity index (χ0) is 17.1. The van der Waals surface area contributed by atoms with Gasteiger partial charge >= 0.3 is 0 Å². The van der Waals surface area contributed by atoms with E-state index in [4.69, 9.17) is 0 Å². The highest BCUT2D eigenvalue weighted by Crippen LogP contribution is 2.40. The molecule has 0 saturated heterocycles. The van der Waals surface area contributed by atoms with Gasteiger partial charge in [0.2, 0.25) is 0 Å². The first-order valence-electron chi connectivity index (χ1n) is 8.44. The van der Waals surface area contributed by atoms with Gasteiger partial charge in [-0.05, 0) is 60.4 Å².